The fraction of sp³-hybridized carbons (Fsp3) is 0.500. The van der Waals surface area contributed by atoms with Crippen LogP contribution in [0.3, 0.4) is 0 Å². The molecule has 1 aromatic rings. The molecule has 0 aromatic heterocycles. The largest absolute Gasteiger partial charge is 0.444 e. The van der Waals surface area contributed by atoms with Gasteiger partial charge in [-0.25, -0.2) is 4.79 Å². The van der Waals surface area contributed by atoms with Crippen LogP contribution in [-0.2, 0) is 20.7 Å². The fourth-order valence-corrected chi connectivity index (χ4v) is 2.66. The lowest BCUT2D eigenvalue weighted by Gasteiger charge is -2.25. The van der Waals surface area contributed by atoms with E-state index in [-0.39, 0.29) is 12.8 Å². The van der Waals surface area contributed by atoms with Crippen LogP contribution in [0.5, 0.6) is 0 Å². The van der Waals surface area contributed by atoms with Crippen molar-refractivity contribution in [2.45, 2.75) is 63.9 Å². The SMILES string of the molecule is C=CC[C@H](NC(=O)[C@H](CCc1ccccc1)NC(=O)OC(C)(C)C)C(=O)NCC(F)(F)F. The number of carbonyl (C=O) groups is 3. The first-order chi connectivity index (χ1) is 14.8. The minimum Gasteiger partial charge on any atom is -0.444 e. The van der Waals surface area contributed by atoms with Gasteiger partial charge in [0, 0.05) is 0 Å². The van der Waals surface area contributed by atoms with E-state index < -0.39 is 48.3 Å². The van der Waals surface area contributed by atoms with Crippen LogP contribution in [0, 0.1) is 0 Å². The summed E-state index contributed by atoms with van der Waals surface area (Å²) in [6, 6.07) is 6.86. The van der Waals surface area contributed by atoms with Gasteiger partial charge in [0.2, 0.25) is 11.8 Å². The molecule has 0 aliphatic rings. The van der Waals surface area contributed by atoms with Gasteiger partial charge < -0.3 is 20.7 Å². The molecule has 0 heterocycles. The van der Waals surface area contributed by atoms with Gasteiger partial charge in [0.15, 0.2) is 0 Å². The van der Waals surface area contributed by atoms with Crippen LogP contribution in [0.4, 0.5) is 18.0 Å². The van der Waals surface area contributed by atoms with Crippen LogP contribution >= 0.6 is 0 Å². The van der Waals surface area contributed by atoms with Crippen molar-refractivity contribution in [2.24, 2.45) is 0 Å². The molecule has 0 aliphatic carbocycles. The number of rotatable bonds is 10. The maximum absolute atomic E-state index is 12.8. The Labute approximate surface area is 185 Å². The highest BCUT2D eigenvalue weighted by Crippen LogP contribution is 2.13. The minimum atomic E-state index is -4.59. The highest BCUT2D eigenvalue weighted by Gasteiger charge is 2.31. The molecular formula is C22H30F3N3O4. The highest BCUT2D eigenvalue weighted by molar-refractivity contribution is 5.91. The van der Waals surface area contributed by atoms with Crippen LogP contribution in [0.1, 0.15) is 39.2 Å². The van der Waals surface area contributed by atoms with E-state index in [0.29, 0.717) is 6.42 Å². The van der Waals surface area contributed by atoms with Crippen LogP contribution in [-0.4, -0.2) is 48.3 Å². The van der Waals surface area contributed by atoms with E-state index >= 15 is 0 Å². The number of hydrogen-bond donors (Lipinski definition) is 3. The van der Waals surface area contributed by atoms with Gasteiger partial charge in [-0.05, 0) is 45.6 Å². The molecule has 1 aromatic carbocycles. The molecule has 32 heavy (non-hydrogen) atoms. The molecule has 3 amide bonds. The van der Waals surface area contributed by atoms with Crippen molar-refractivity contribution in [2.75, 3.05) is 6.54 Å². The molecule has 178 valence electrons. The van der Waals surface area contributed by atoms with E-state index in [0.717, 1.165) is 5.56 Å². The maximum atomic E-state index is 12.8. The van der Waals surface area contributed by atoms with E-state index in [1.54, 1.807) is 26.1 Å². The second-order valence-corrected chi connectivity index (χ2v) is 8.14. The summed E-state index contributed by atoms with van der Waals surface area (Å²) in [7, 11) is 0. The van der Waals surface area contributed by atoms with Gasteiger partial charge in [0.1, 0.15) is 24.2 Å². The Balaban J connectivity index is 2.90. The molecule has 0 saturated heterocycles. The van der Waals surface area contributed by atoms with Crippen molar-refractivity contribution >= 4 is 17.9 Å². The molecule has 0 aliphatic heterocycles. The molecule has 0 fully saturated rings. The van der Waals surface area contributed by atoms with E-state index in [1.807, 2.05) is 30.3 Å². The fourth-order valence-electron chi connectivity index (χ4n) is 2.66. The zero-order chi connectivity index (χ0) is 24.4. The lowest BCUT2D eigenvalue weighted by atomic mass is 10.0. The Morgan fingerprint density at radius 3 is 2.19 bits per heavy atom. The molecule has 1 rings (SSSR count). The highest BCUT2D eigenvalue weighted by atomic mass is 19.4. The number of nitrogens with one attached hydrogen (secondary N) is 3. The molecule has 0 unspecified atom stereocenters. The minimum absolute atomic E-state index is 0.0900. The van der Waals surface area contributed by atoms with E-state index in [4.69, 9.17) is 4.74 Å². The second kappa shape index (κ2) is 12.1. The normalized spacial score (nSPS) is 13.4. The molecule has 2 atom stereocenters. The van der Waals surface area contributed by atoms with Crippen molar-refractivity contribution in [1.82, 2.24) is 16.0 Å². The standard InChI is InChI=1S/C22H30F3N3O4/c1-5-9-16(18(29)26-14-22(23,24)25)27-19(30)17(28-20(31)32-21(2,3)4)13-12-15-10-7-6-8-11-15/h5-8,10-11,16-17H,1,9,12-14H2,2-4H3,(H,26,29)(H,27,30)(H,28,31)/t16-,17-/m0/s1. The third kappa shape index (κ3) is 11.4. The number of alkyl carbamates (subject to hydrolysis) is 1. The number of aryl methyl sites for hydroxylation is 1. The number of amides is 3. The third-order valence-corrected chi connectivity index (χ3v) is 4.07. The molecule has 10 heteroatoms. The number of benzene rings is 1. The van der Waals surface area contributed by atoms with Gasteiger partial charge in [-0.15, -0.1) is 6.58 Å². The van der Waals surface area contributed by atoms with Gasteiger partial charge in [0.25, 0.3) is 0 Å². The summed E-state index contributed by atoms with van der Waals surface area (Å²) in [5.41, 5.74) is 0.120. The predicted octanol–water partition coefficient (Wildman–Crippen LogP) is 3.25. The van der Waals surface area contributed by atoms with Crippen molar-refractivity contribution in [3.05, 3.63) is 48.6 Å². The number of ether oxygens (including phenoxy) is 1. The summed E-state index contributed by atoms with van der Waals surface area (Å²) in [5, 5.41) is 6.62. The zero-order valence-corrected chi connectivity index (χ0v) is 18.4. The Hall–Kier alpha value is -3.04. The lowest BCUT2D eigenvalue weighted by Crippen LogP contribution is -2.54. The monoisotopic (exact) mass is 457 g/mol. The van der Waals surface area contributed by atoms with E-state index in [1.165, 1.54) is 6.08 Å². The zero-order valence-electron chi connectivity index (χ0n) is 18.4. The number of carbonyl (C=O) groups excluding carboxylic acids is 3. The number of hydrogen-bond acceptors (Lipinski definition) is 4. The summed E-state index contributed by atoms with van der Waals surface area (Å²) in [4.78, 5) is 37.2. The summed E-state index contributed by atoms with van der Waals surface area (Å²) in [6.07, 6.45) is -3.59. The van der Waals surface area contributed by atoms with Crippen LogP contribution in [0.25, 0.3) is 0 Å². The van der Waals surface area contributed by atoms with Gasteiger partial charge in [0.05, 0.1) is 0 Å². The summed E-state index contributed by atoms with van der Waals surface area (Å²) < 4.78 is 42.4. The molecule has 0 spiro atoms. The van der Waals surface area contributed by atoms with Crippen molar-refractivity contribution in [3.8, 4) is 0 Å². The van der Waals surface area contributed by atoms with Crippen molar-refractivity contribution < 1.29 is 32.3 Å². The first kappa shape index (κ1) is 27.0. The van der Waals surface area contributed by atoms with Crippen LogP contribution in [0.15, 0.2) is 43.0 Å². The molecule has 3 N–H and O–H groups in total. The Kier molecular flexibility index (Phi) is 10.2. The predicted molar refractivity (Wildman–Crippen MR) is 114 cm³/mol. The second-order valence-electron chi connectivity index (χ2n) is 8.14. The smallest absolute Gasteiger partial charge is 0.408 e. The van der Waals surface area contributed by atoms with Gasteiger partial charge in [-0.2, -0.15) is 13.2 Å². The Bertz CT molecular complexity index is 777. The number of alkyl halides is 3. The molecule has 0 bridgehead atoms. The lowest BCUT2D eigenvalue weighted by molar-refractivity contribution is -0.140. The summed E-state index contributed by atoms with van der Waals surface area (Å²) in [5.74, 6) is -1.73. The Morgan fingerprint density at radius 1 is 1.03 bits per heavy atom. The van der Waals surface area contributed by atoms with Crippen molar-refractivity contribution in [1.29, 1.82) is 0 Å². The average molecular weight is 457 g/mol. The topological polar surface area (TPSA) is 96.5 Å². The summed E-state index contributed by atoms with van der Waals surface area (Å²) in [6.45, 7) is 6.93. The quantitative estimate of drug-likeness (QED) is 0.470. The maximum Gasteiger partial charge on any atom is 0.408 e. The molecule has 0 saturated carbocycles. The molecular weight excluding hydrogens is 427 g/mol. The van der Waals surface area contributed by atoms with Crippen LogP contribution < -0.4 is 16.0 Å². The average Bonchev–Trinajstić information content (AvgIpc) is 2.67. The van der Waals surface area contributed by atoms with Crippen LogP contribution in [0.2, 0.25) is 0 Å². The van der Waals surface area contributed by atoms with E-state index in [9.17, 15) is 27.6 Å². The van der Waals surface area contributed by atoms with E-state index in [2.05, 4.69) is 17.2 Å². The van der Waals surface area contributed by atoms with Gasteiger partial charge in [-0.3, -0.25) is 9.59 Å². The first-order valence-corrected chi connectivity index (χ1v) is 10.1. The molecule has 7 nitrogen and oxygen atoms in total. The summed E-state index contributed by atoms with van der Waals surface area (Å²) >= 11 is 0. The molecule has 0 radical (unpaired) electrons. The Morgan fingerprint density at radius 2 is 1.66 bits per heavy atom. The first-order valence-electron chi connectivity index (χ1n) is 10.1. The third-order valence-electron chi connectivity index (χ3n) is 4.07. The van der Waals surface area contributed by atoms with Gasteiger partial charge >= 0.3 is 12.3 Å². The number of halogens is 3. The van der Waals surface area contributed by atoms with Gasteiger partial charge in [-0.1, -0.05) is 36.4 Å². The van der Waals surface area contributed by atoms with Crippen molar-refractivity contribution in [3.63, 3.8) is 0 Å².